The summed E-state index contributed by atoms with van der Waals surface area (Å²) < 4.78 is 18.4. The molecule has 1 aliphatic heterocycles. The van der Waals surface area contributed by atoms with Crippen molar-refractivity contribution < 1.29 is 14.2 Å². The first-order valence-electron chi connectivity index (χ1n) is 12.8. The van der Waals surface area contributed by atoms with Gasteiger partial charge in [0, 0.05) is 32.2 Å². The minimum Gasteiger partial charge on any atom is -0.497 e. The van der Waals surface area contributed by atoms with Gasteiger partial charge in [-0.15, -0.1) is 5.10 Å². The monoisotopic (exact) mass is 492 g/mol. The van der Waals surface area contributed by atoms with Gasteiger partial charge in [-0.3, -0.25) is 9.80 Å². The molecule has 3 aromatic rings. The Labute approximate surface area is 212 Å². The number of ether oxygens (including phenoxy) is 3. The highest BCUT2D eigenvalue weighted by Gasteiger charge is 2.33. The summed E-state index contributed by atoms with van der Waals surface area (Å²) in [5.74, 6) is 3.08. The van der Waals surface area contributed by atoms with Crippen LogP contribution in [0.3, 0.4) is 0 Å². The first-order chi connectivity index (χ1) is 17.7. The van der Waals surface area contributed by atoms with E-state index in [2.05, 4.69) is 49.6 Å². The van der Waals surface area contributed by atoms with Crippen LogP contribution in [-0.2, 0) is 6.54 Å². The van der Waals surface area contributed by atoms with E-state index in [4.69, 9.17) is 14.2 Å². The third-order valence-corrected chi connectivity index (χ3v) is 7.57. The van der Waals surface area contributed by atoms with Crippen LogP contribution in [0.15, 0.2) is 42.5 Å². The molecule has 36 heavy (non-hydrogen) atoms. The zero-order valence-corrected chi connectivity index (χ0v) is 21.5. The highest BCUT2D eigenvalue weighted by atomic mass is 16.5. The fraction of sp³-hybridized carbons (Fsp3) is 0.519. The lowest BCUT2D eigenvalue weighted by Crippen LogP contribution is -2.51. The topological polar surface area (TPSA) is 77.8 Å². The van der Waals surface area contributed by atoms with E-state index in [9.17, 15) is 0 Å². The Kier molecular flexibility index (Phi) is 7.67. The van der Waals surface area contributed by atoms with Crippen molar-refractivity contribution in [3.63, 3.8) is 0 Å². The fourth-order valence-electron chi connectivity index (χ4n) is 5.60. The van der Waals surface area contributed by atoms with Crippen LogP contribution in [0.5, 0.6) is 17.2 Å². The lowest BCUT2D eigenvalue weighted by Gasteiger charge is -2.41. The van der Waals surface area contributed by atoms with Gasteiger partial charge < -0.3 is 14.2 Å². The van der Waals surface area contributed by atoms with Gasteiger partial charge in [-0.1, -0.05) is 31.0 Å². The van der Waals surface area contributed by atoms with Gasteiger partial charge in [0.2, 0.25) is 0 Å². The third-order valence-electron chi connectivity index (χ3n) is 7.57. The molecule has 5 rings (SSSR count). The van der Waals surface area contributed by atoms with Gasteiger partial charge in [0.25, 0.3) is 0 Å². The molecule has 0 spiro atoms. The van der Waals surface area contributed by atoms with E-state index in [1.807, 2.05) is 22.9 Å². The maximum Gasteiger partial charge on any atom is 0.173 e. The summed E-state index contributed by atoms with van der Waals surface area (Å²) in [7, 11) is 5.01. The van der Waals surface area contributed by atoms with Crippen LogP contribution >= 0.6 is 0 Å². The molecule has 2 aliphatic rings. The second kappa shape index (κ2) is 11.3. The Bertz CT molecular complexity index is 1120. The van der Waals surface area contributed by atoms with Crippen LogP contribution in [0.2, 0.25) is 0 Å². The molecule has 0 unspecified atom stereocenters. The number of nitrogens with zero attached hydrogens (tertiary/aromatic N) is 6. The first kappa shape index (κ1) is 24.5. The van der Waals surface area contributed by atoms with Crippen molar-refractivity contribution in [1.82, 2.24) is 30.0 Å². The minimum atomic E-state index is -0.0937. The van der Waals surface area contributed by atoms with Crippen molar-refractivity contribution in [2.75, 3.05) is 47.5 Å². The van der Waals surface area contributed by atoms with E-state index in [1.165, 1.54) is 25.7 Å². The molecule has 1 aliphatic carbocycles. The zero-order valence-electron chi connectivity index (χ0n) is 21.5. The maximum atomic E-state index is 5.64. The molecule has 9 heteroatoms. The van der Waals surface area contributed by atoms with Crippen LogP contribution in [0, 0.1) is 0 Å². The molecule has 0 N–H and O–H groups in total. The fourth-order valence-corrected chi connectivity index (χ4v) is 5.60. The summed E-state index contributed by atoms with van der Waals surface area (Å²) in [5, 5.41) is 13.0. The van der Waals surface area contributed by atoms with E-state index >= 15 is 0 Å². The number of hydrogen-bond acceptors (Lipinski definition) is 8. The van der Waals surface area contributed by atoms with Crippen molar-refractivity contribution in [2.45, 2.75) is 44.3 Å². The molecular formula is C27H36N6O3. The zero-order chi connectivity index (χ0) is 24.9. The summed E-state index contributed by atoms with van der Waals surface area (Å²) in [6.45, 7) is 4.64. The number of aromatic nitrogens is 4. The summed E-state index contributed by atoms with van der Waals surface area (Å²) in [6, 6.07) is 14.8. The number of benzene rings is 2. The van der Waals surface area contributed by atoms with Crippen LogP contribution in [0.1, 0.15) is 48.7 Å². The van der Waals surface area contributed by atoms with Gasteiger partial charge in [-0.25, -0.2) is 4.68 Å². The molecule has 0 amide bonds. The number of piperazine rings is 1. The van der Waals surface area contributed by atoms with E-state index in [0.29, 0.717) is 18.0 Å². The lowest BCUT2D eigenvalue weighted by molar-refractivity contribution is 0.0770. The smallest absolute Gasteiger partial charge is 0.173 e. The van der Waals surface area contributed by atoms with E-state index in [-0.39, 0.29) is 6.04 Å². The van der Waals surface area contributed by atoms with Gasteiger partial charge >= 0.3 is 0 Å². The number of hydrogen-bond donors (Lipinski definition) is 0. The highest BCUT2D eigenvalue weighted by Crippen LogP contribution is 2.35. The van der Waals surface area contributed by atoms with Crippen molar-refractivity contribution in [1.29, 1.82) is 0 Å². The number of rotatable bonds is 9. The van der Waals surface area contributed by atoms with Crippen molar-refractivity contribution in [3.8, 4) is 17.2 Å². The van der Waals surface area contributed by atoms with Crippen molar-refractivity contribution in [2.24, 2.45) is 0 Å². The number of tetrazole rings is 1. The summed E-state index contributed by atoms with van der Waals surface area (Å²) in [5.41, 5.74) is 2.20. The normalized spacial score (nSPS) is 18.3. The van der Waals surface area contributed by atoms with Gasteiger partial charge in [0.15, 0.2) is 17.3 Å². The van der Waals surface area contributed by atoms with Gasteiger partial charge in [-0.2, -0.15) is 0 Å². The molecule has 1 saturated heterocycles. The highest BCUT2D eigenvalue weighted by molar-refractivity contribution is 5.45. The quantitative estimate of drug-likeness (QED) is 0.450. The average Bonchev–Trinajstić information content (AvgIpc) is 3.63. The summed E-state index contributed by atoms with van der Waals surface area (Å²) in [4.78, 5) is 5.18. The third kappa shape index (κ3) is 5.17. The first-order valence-corrected chi connectivity index (χ1v) is 12.8. The molecule has 192 valence electrons. The molecule has 0 radical (unpaired) electrons. The number of methoxy groups -OCH3 is 3. The van der Waals surface area contributed by atoms with E-state index in [0.717, 1.165) is 54.9 Å². The summed E-state index contributed by atoms with van der Waals surface area (Å²) in [6.07, 6.45) is 5.39. The Morgan fingerprint density at radius 1 is 0.861 bits per heavy atom. The second-order valence-electron chi connectivity index (χ2n) is 9.57. The Morgan fingerprint density at radius 2 is 1.58 bits per heavy atom. The van der Waals surface area contributed by atoms with Crippen LogP contribution in [0.25, 0.3) is 0 Å². The largest absolute Gasteiger partial charge is 0.497 e. The maximum absolute atomic E-state index is 5.64. The van der Waals surface area contributed by atoms with Gasteiger partial charge in [-0.05, 0) is 58.7 Å². The van der Waals surface area contributed by atoms with Crippen LogP contribution in [-0.4, -0.2) is 83.6 Å². The van der Waals surface area contributed by atoms with Crippen LogP contribution < -0.4 is 14.2 Å². The average molecular weight is 493 g/mol. The predicted molar refractivity (Wildman–Crippen MR) is 137 cm³/mol. The van der Waals surface area contributed by atoms with Gasteiger partial charge in [0.05, 0.1) is 33.9 Å². The molecule has 2 heterocycles. The Hall–Kier alpha value is -3.17. The van der Waals surface area contributed by atoms with E-state index in [1.54, 1.807) is 21.3 Å². The molecule has 2 fully saturated rings. The second-order valence-corrected chi connectivity index (χ2v) is 9.57. The summed E-state index contributed by atoms with van der Waals surface area (Å²) >= 11 is 0. The standard InChI is InChI=1S/C27H36N6O3/c1-34-23-11-8-20(9-12-23)19-33-27(28-29-30-33)26(21-10-13-24(35-2)25(18-21)36-3)32-16-14-31(15-17-32)22-6-4-5-7-22/h8-13,18,22,26H,4-7,14-17,19H2,1-3H3/t26-/m1/s1. The van der Waals surface area contributed by atoms with Crippen molar-refractivity contribution in [3.05, 3.63) is 59.4 Å². The minimum absolute atomic E-state index is 0.0937. The molecule has 1 aromatic heterocycles. The molecule has 2 aromatic carbocycles. The molecule has 9 nitrogen and oxygen atoms in total. The Balaban J connectivity index is 1.44. The Morgan fingerprint density at radius 3 is 2.25 bits per heavy atom. The predicted octanol–water partition coefficient (Wildman–Crippen LogP) is 3.40. The SMILES string of the molecule is COc1ccc(Cn2nnnc2[C@@H](c2ccc(OC)c(OC)c2)N2CCN(C3CCCC3)CC2)cc1. The molecular weight excluding hydrogens is 456 g/mol. The molecule has 0 bridgehead atoms. The molecule has 1 atom stereocenters. The van der Waals surface area contributed by atoms with Gasteiger partial charge in [0.1, 0.15) is 5.75 Å². The van der Waals surface area contributed by atoms with E-state index < -0.39 is 0 Å². The van der Waals surface area contributed by atoms with Crippen molar-refractivity contribution >= 4 is 0 Å². The van der Waals surface area contributed by atoms with Crippen LogP contribution in [0.4, 0.5) is 0 Å². The molecule has 1 saturated carbocycles. The lowest BCUT2D eigenvalue weighted by atomic mass is 10.0.